The molecule has 2 unspecified atom stereocenters. The van der Waals surface area contributed by atoms with Gasteiger partial charge in [0.2, 0.25) is 0 Å². The first-order valence-corrected chi connectivity index (χ1v) is 12.8. The van der Waals surface area contributed by atoms with E-state index in [-0.39, 0.29) is 5.82 Å². The fourth-order valence-corrected chi connectivity index (χ4v) is 6.16. The minimum atomic E-state index is -0.169. The average molecular weight is 479 g/mol. The monoisotopic (exact) mass is 478 g/mol. The maximum Gasteiger partial charge on any atom is 0.127 e. The van der Waals surface area contributed by atoms with E-state index in [2.05, 4.69) is 62.5 Å². The number of halogens is 2. The Hall–Kier alpha value is -2.23. The van der Waals surface area contributed by atoms with Gasteiger partial charge < -0.3 is 0 Å². The first-order chi connectivity index (χ1) is 16.2. The van der Waals surface area contributed by atoms with Crippen molar-refractivity contribution in [2.45, 2.75) is 60.4 Å². The zero-order chi connectivity index (χ0) is 24.6. The average Bonchev–Trinajstić information content (AvgIpc) is 2.93. The van der Waals surface area contributed by atoms with Gasteiger partial charge in [-0.15, -0.1) is 0 Å². The van der Waals surface area contributed by atoms with E-state index < -0.39 is 0 Å². The Bertz CT molecular complexity index is 1220. The molecule has 0 saturated carbocycles. The second-order valence-electron chi connectivity index (χ2n) is 10.3. The number of hydrogen-bond acceptors (Lipinski definition) is 2. The molecule has 0 aliphatic carbocycles. The van der Waals surface area contributed by atoms with Crippen LogP contribution in [0.25, 0.3) is 21.9 Å². The Kier molecular flexibility index (Phi) is 7.45. The van der Waals surface area contributed by atoms with Gasteiger partial charge in [-0.25, -0.2) is 4.39 Å². The van der Waals surface area contributed by atoms with Gasteiger partial charge in [-0.2, -0.15) is 0 Å². The number of aliphatic imine (C=N–C) groups is 1. The van der Waals surface area contributed by atoms with Crippen LogP contribution in [0.2, 0.25) is 5.02 Å². The van der Waals surface area contributed by atoms with E-state index in [0.29, 0.717) is 23.3 Å². The number of hydrogen-bond donors (Lipinski definition) is 0. The highest BCUT2D eigenvalue weighted by molar-refractivity contribution is 6.34. The molecule has 0 amide bonds. The van der Waals surface area contributed by atoms with Crippen LogP contribution in [0.1, 0.15) is 55.9 Å². The molecule has 1 aliphatic rings. The maximum absolute atomic E-state index is 14.8. The molecule has 0 spiro atoms. The third kappa shape index (κ3) is 4.78. The summed E-state index contributed by atoms with van der Waals surface area (Å²) >= 11 is 7.02. The summed E-state index contributed by atoms with van der Waals surface area (Å²) in [6.07, 6.45) is 3.17. The number of fused-ring (bicyclic) bond motifs is 1. The van der Waals surface area contributed by atoms with Crippen LogP contribution in [0.15, 0.2) is 35.3 Å². The van der Waals surface area contributed by atoms with E-state index in [1.54, 1.807) is 6.07 Å². The molecule has 2 atom stereocenters. The molecule has 1 aliphatic heterocycles. The van der Waals surface area contributed by atoms with Crippen molar-refractivity contribution in [2.24, 2.45) is 16.8 Å². The summed E-state index contributed by atoms with van der Waals surface area (Å²) in [7, 11) is 0. The zero-order valence-corrected chi connectivity index (χ0v) is 21.9. The number of likely N-dealkylation sites (tertiary alicyclic amines) is 1. The molecule has 4 rings (SSSR count). The summed E-state index contributed by atoms with van der Waals surface area (Å²) in [5.74, 6) is 1.20. The molecule has 3 aromatic carbocycles. The third-order valence-electron chi connectivity index (χ3n) is 7.35. The van der Waals surface area contributed by atoms with Gasteiger partial charge in [0.25, 0.3) is 0 Å². The molecule has 0 bridgehead atoms. The minimum Gasteiger partial charge on any atom is -0.298 e. The first-order valence-electron chi connectivity index (χ1n) is 12.5. The Labute approximate surface area is 208 Å². The van der Waals surface area contributed by atoms with Crippen molar-refractivity contribution >= 4 is 34.8 Å². The van der Waals surface area contributed by atoms with Crippen molar-refractivity contribution in [3.8, 4) is 11.1 Å². The molecule has 4 heteroatoms. The van der Waals surface area contributed by atoms with E-state index in [4.69, 9.17) is 11.6 Å². The molecule has 1 heterocycles. The molecule has 34 heavy (non-hydrogen) atoms. The number of benzene rings is 3. The van der Waals surface area contributed by atoms with Gasteiger partial charge in [0.05, 0.1) is 5.69 Å². The fourth-order valence-electron chi connectivity index (χ4n) is 5.79. The smallest absolute Gasteiger partial charge is 0.127 e. The van der Waals surface area contributed by atoms with Crippen molar-refractivity contribution in [3.63, 3.8) is 0 Å². The lowest BCUT2D eigenvalue weighted by Gasteiger charge is -2.26. The van der Waals surface area contributed by atoms with Gasteiger partial charge in [-0.05, 0) is 102 Å². The first kappa shape index (κ1) is 24.9. The lowest BCUT2D eigenvalue weighted by Crippen LogP contribution is -2.29. The van der Waals surface area contributed by atoms with Crippen LogP contribution in [0, 0.1) is 31.5 Å². The summed E-state index contributed by atoms with van der Waals surface area (Å²) in [5, 5.41) is 2.67. The van der Waals surface area contributed by atoms with E-state index in [1.165, 1.54) is 12.8 Å². The van der Waals surface area contributed by atoms with Crippen LogP contribution in [-0.4, -0.2) is 24.7 Å². The van der Waals surface area contributed by atoms with E-state index in [9.17, 15) is 4.39 Å². The standard InChI is InChI=1S/C30H36ClFN2/c1-7-24-27(32)11-10-22-12-20(4)13-25(29(22)24)28-21(5)30(33-6)23(14-26(28)31)17-34-15-18(2)8-9-19(3)16-34/h10-14,18-19H,6-9,15-17H2,1-5H3. The van der Waals surface area contributed by atoms with Crippen LogP contribution in [-0.2, 0) is 13.0 Å². The van der Waals surface area contributed by atoms with Gasteiger partial charge in [0.1, 0.15) is 5.82 Å². The molecule has 0 N–H and O–H groups in total. The molecule has 3 aromatic rings. The van der Waals surface area contributed by atoms with Gasteiger partial charge in [-0.3, -0.25) is 9.89 Å². The predicted octanol–water partition coefficient (Wildman–Crippen LogP) is 8.68. The molecule has 180 valence electrons. The summed E-state index contributed by atoms with van der Waals surface area (Å²) in [5.41, 5.74) is 6.77. The lowest BCUT2D eigenvalue weighted by molar-refractivity contribution is 0.229. The Morgan fingerprint density at radius 2 is 1.76 bits per heavy atom. The predicted molar refractivity (Wildman–Crippen MR) is 145 cm³/mol. The molecule has 1 saturated heterocycles. The Morgan fingerprint density at radius 1 is 1.09 bits per heavy atom. The van der Waals surface area contributed by atoms with Crippen LogP contribution >= 0.6 is 11.6 Å². The Balaban J connectivity index is 1.88. The van der Waals surface area contributed by atoms with E-state index >= 15 is 0 Å². The van der Waals surface area contributed by atoms with Gasteiger partial charge in [0.15, 0.2) is 0 Å². The highest BCUT2D eigenvalue weighted by Crippen LogP contribution is 2.44. The van der Waals surface area contributed by atoms with E-state index in [0.717, 1.165) is 69.5 Å². The van der Waals surface area contributed by atoms with Gasteiger partial charge >= 0.3 is 0 Å². The van der Waals surface area contributed by atoms with Crippen molar-refractivity contribution < 1.29 is 4.39 Å². The van der Waals surface area contributed by atoms with Crippen molar-refractivity contribution in [3.05, 3.63) is 63.4 Å². The summed E-state index contributed by atoms with van der Waals surface area (Å²) in [4.78, 5) is 7.01. The SMILES string of the molecule is C=Nc1c(CN2CC(C)CCC(C)C2)cc(Cl)c(-c2cc(C)cc3ccc(F)c(CC)c23)c1C. The van der Waals surface area contributed by atoms with Crippen molar-refractivity contribution in [1.82, 2.24) is 4.90 Å². The topological polar surface area (TPSA) is 15.6 Å². The summed E-state index contributed by atoms with van der Waals surface area (Å²) in [6, 6.07) is 9.74. The molecular weight excluding hydrogens is 443 g/mol. The minimum absolute atomic E-state index is 0.169. The number of nitrogens with zero attached hydrogens (tertiary/aromatic N) is 2. The quantitative estimate of drug-likeness (QED) is 0.335. The largest absolute Gasteiger partial charge is 0.298 e. The molecule has 2 nitrogen and oxygen atoms in total. The summed E-state index contributed by atoms with van der Waals surface area (Å²) < 4.78 is 14.8. The van der Waals surface area contributed by atoms with Crippen LogP contribution in [0.4, 0.5) is 10.1 Å². The third-order valence-corrected chi connectivity index (χ3v) is 7.65. The molecular formula is C30H36ClFN2. The fraction of sp³-hybridized carbons (Fsp3) is 0.433. The lowest BCUT2D eigenvalue weighted by atomic mass is 9.88. The molecule has 0 radical (unpaired) electrons. The van der Waals surface area contributed by atoms with Crippen LogP contribution < -0.4 is 0 Å². The summed E-state index contributed by atoms with van der Waals surface area (Å²) in [6.45, 7) is 17.7. The Morgan fingerprint density at radius 3 is 2.38 bits per heavy atom. The van der Waals surface area contributed by atoms with Crippen LogP contribution in [0.3, 0.4) is 0 Å². The second-order valence-corrected chi connectivity index (χ2v) is 10.7. The molecule has 1 fully saturated rings. The number of aryl methyl sites for hydroxylation is 2. The number of rotatable bonds is 5. The highest BCUT2D eigenvalue weighted by atomic mass is 35.5. The molecule has 0 aromatic heterocycles. The van der Waals surface area contributed by atoms with Gasteiger partial charge in [0, 0.05) is 30.2 Å². The van der Waals surface area contributed by atoms with Crippen molar-refractivity contribution in [1.29, 1.82) is 0 Å². The highest BCUT2D eigenvalue weighted by Gasteiger charge is 2.23. The van der Waals surface area contributed by atoms with Crippen LogP contribution in [0.5, 0.6) is 0 Å². The van der Waals surface area contributed by atoms with Gasteiger partial charge in [-0.1, -0.05) is 50.6 Å². The van der Waals surface area contributed by atoms with Crippen molar-refractivity contribution in [2.75, 3.05) is 13.1 Å². The zero-order valence-electron chi connectivity index (χ0n) is 21.1. The normalized spacial score (nSPS) is 19.4. The maximum atomic E-state index is 14.8. The second kappa shape index (κ2) is 10.2. The van der Waals surface area contributed by atoms with E-state index in [1.807, 2.05) is 13.0 Å².